The van der Waals surface area contributed by atoms with Crippen LogP contribution in [0.5, 0.6) is 5.75 Å². The standard InChI is InChI=1S/C16H18ClNO.C4H6O4/c1-18-12-11-15(13-7-3-2-4-8-13)19-16-10-6-5-9-14(16)17;5-3(6)1-2-4(7)8/h2-10,15,18H,11-12H2,1H3;1-2H2,(H,5,6)(H,7,8). The predicted molar refractivity (Wildman–Crippen MR) is 104 cm³/mol. The van der Waals surface area contributed by atoms with Crippen LogP contribution in [0.3, 0.4) is 0 Å². The van der Waals surface area contributed by atoms with Crippen molar-refractivity contribution in [3.63, 3.8) is 0 Å². The molecule has 0 aromatic heterocycles. The zero-order valence-corrected chi connectivity index (χ0v) is 15.9. The summed E-state index contributed by atoms with van der Waals surface area (Å²) in [6.07, 6.45) is 0.310. The van der Waals surface area contributed by atoms with Gasteiger partial charge in [0, 0.05) is 6.42 Å². The molecule has 1 atom stereocenters. The summed E-state index contributed by atoms with van der Waals surface area (Å²) in [6.45, 7) is 0.893. The molecular weight excluding hydrogens is 370 g/mol. The molecule has 0 fully saturated rings. The fourth-order valence-electron chi connectivity index (χ4n) is 2.14. The fourth-order valence-corrected chi connectivity index (χ4v) is 2.32. The Kier molecular flexibility index (Phi) is 10.6. The molecule has 2 rings (SSSR count). The first-order chi connectivity index (χ1) is 12.9. The highest BCUT2D eigenvalue weighted by molar-refractivity contribution is 6.32. The number of aliphatic carboxylic acids is 2. The number of hydrogen-bond donors (Lipinski definition) is 3. The molecule has 0 saturated heterocycles. The van der Waals surface area contributed by atoms with Crippen LogP contribution in [0.1, 0.15) is 30.9 Å². The summed E-state index contributed by atoms with van der Waals surface area (Å²) in [4.78, 5) is 19.3. The second-order valence-corrected chi connectivity index (χ2v) is 6.03. The van der Waals surface area contributed by atoms with E-state index in [4.69, 9.17) is 26.6 Å². The van der Waals surface area contributed by atoms with Gasteiger partial charge in [0.1, 0.15) is 11.9 Å². The largest absolute Gasteiger partial charge is 0.484 e. The Hall–Kier alpha value is -2.57. The third kappa shape index (κ3) is 9.63. The number of benzene rings is 2. The Bertz CT molecular complexity index is 695. The fraction of sp³-hybridized carbons (Fsp3) is 0.300. The normalized spacial score (nSPS) is 11.0. The molecule has 0 aliphatic heterocycles. The number of carboxylic acids is 2. The van der Waals surface area contributed by atoms with E-state index in [1.807, 2.05) is 49.5 Å². The zero-order valence-electron chi connectivity index (χ0n) is 15.1. The molecule has 146 valence electrons. The number of para-hydroxylation sites is 1. The molecule has 0 aliphatic rings. The lowest BCUT2D eigenvalue weighted by Crippen LogP contribution is -2.16. The molecule has 0 aliphatic carbocycles. The summed E-state index contributed by atoms with van der Waals surface area (Å²) >= 11 is 6.15. The van der Waals surface area contributed by atoms with Crippen LogP contribution in [-0.2, 0) is 9.59 Å². The molecule has 0 heterocycles. The molecule has 27 heavy (non-hydrogen) atoms. The van der Waals surface area contributed by atoms with Gasteiger partial charge >= 0.3 is 11.9 Å². The van der Waals surface area contributed by atoms with Crippen molar-refractivity contribution >= 4 is 23.5 Å². The second-order valence-electron chi connectivity index (χ2n) is 5.63. The lowest BCUT2D eigenvalue weighted by molar-refractivity contribution is -0.143. The van der Waals surface area contributed by atoms with E-state index in [1.165, 1.54) is 0 Å². The Morgan fingerprint density at radius 3 is 2.07 bits per heavy atom. The van der Waals surface area contributed by atoms with E-state index in [9.17, 15) is 9.59 Å². The van der Waals surface area contributed by atoms with E-state index in [0.717, 1.165) is 24.3 Å². The minimum absolute atomic E-state index is 0.00792. The summed E-state index contributed by atoms with van der Waals surface area (Å²) in [7, 11) is 1.94. The van der Waals surface area contributed by atoms with E-state index >= 15 is 0 Å². The molecular formula is C20H24ClNO5. The molecule has 2 aromatic rings. The third-order valence-corrected chi connectivity index (χ3v) is 3.80. The summed E-state index contributed by atoms with van der Waals surface area (Å²) in [5, 5.41) is 19.6. The van der Waals surface area contributed by atoms with Gasteiger partial charge in [-0.2, -0.15) is 0 Å². The Labute approximate surface area is 163 Å². The van der Waals surface area contributed by atoms with Gasteiger partial charge in [-0.15, -0.1) is 0 Å². The SMILES string of the molecule is CNCCC(Oc1ccccc1Cl)c1ccccc1.O=C(O)CCC(=O)O. The number of carbonyl (C=O) groups is 2. The van der Waals surface area contributed by atoms with Gasteiger partial charge in [0.15, 0.2) is 0 Å². The number of ether oxygens (including phenoxy) is 1. The minimum Gasteiger partial charge on any atom is -0.484 e. The van der Waals surface area contributed by atoms with Crippen molar-refractivity contribution in [2.45, 2.75) is 25.4 Å². The second kappa shape index (κ2) is 12.7. The van der Waals surface area contributed by atoms with Gasteiger partial charge in [0.2, 0.25) is 0 Å². The van der Waals surface area contributed by atoms with Crippen molar-refractivity contribution in [1.29, 1.82) is 0 Å². The Balaban J connectivity index is 0.000000387. The predicted octanol–water partition coefficient (Wildman–Crippen LogP) is 4.01. The first-order valence-corrected chi connectivity index (χ1v) is 8.86. The van der Waals surface area contributed by atoms with Crippen LogP contribution in [0.2, 0.25) is 5.02 Å². The van der Waals surface area contributed by atoms with E-state index in [-0.39, 0.29) is 18.9 Å². The van der Waals surface area contributed by atoms with Crippen molar-refractivity contribution < 1.29 is 24.5 Å². The van der Waals surface area contributed by atoms with Crippen molar-refractivity contribution in [2.75, 3.05) is 13.6 Å². The Morgan fingerprint density at radius 1 is 1.00 bits per heavy atom. The summed E-state index contributed by atoms with van der Waals surface area (Å²) in [5.74, 6) is -1.42. The average molecular weight is 394 g/mol. The van der Waals surface area contributed by atoms with E-state index < -0.39 is 11.9 Å². The maximum Gasteiger partial charge on any atom is 0.303 e. The summed E-state index contributed by atoms with van der Waals surface area (Å²) in [5.41, 5.74) is 1.16. The molecule has 1 unspecified atom stereocenters. The number of carboxylic acid groups (broad SMARTS) is 2. The number of rotatable bonds is 9. The smallest absolute Gasteiger partial charge is 0.303 e. The maximum atomic E-state index is 9.64. The molecule has 0 radical (unpaired) electrons. The van der Waals surface area contributed by atoms with Gasteiger partial charge < -0.3 is 20.3 Å². The van der Waals surface area contributed by atoms with E-state index in [0.29, 0.717) is 5.02 Å². The van der Waals surface area contributed by atoms with E-state index in [2.05, 4.69) is 17.4 Å². The van der Waals surface area contributed by atoms with Gasteiger partial charge in [-0.3, -0.25) is 9.59 Å². The lowest BCUT2D eigenvalue weighted by Gasteiger charge is -2.20. The molecule has 0 amide bonds. The van der Waals surface area contributed by atoms with Crippen molar-refractivity contribution in [1.82, 2.24) is 5.32 Å². The van der Waals surface area contributed by atoms with Crippen LogP contribution >= 0.6 is 11.6 Å². The lowest BCUT2D eigenvalue weighted by atomic mass is 10.1. The maximum absolute atomic E-state index is 9.64. The highest BCUT2D eigenvalue weighted by atomic mass is 35.5. The van der Waals surface area contributed by atoms with E-state index in [1.54, 1.807) is 0 Å². The summed E-state index contributed by atoms with van der Waals surface area (Å²) < 4.78 is 6.06. The van der Waals surface area contributed by atoms with Gasteiger partial charge in [-0.1, -0.05) is 54.1 Å². The van der Waals surface area contributed by atoms with Gasteiger partial charge in [0.05, 0.1) is 17.9 Å². The molecule has 3 N–H and O–H groups in total. The van der Waals surface area contributed by atoms with Crippen LogP contribution in [0, 0.1) is 0 Å². The van der Waals surface area contributed by atoms with Crippen LogP contribution in [-0.4, -0.2) is 35.7 Å². The third-order valence-electron chi connectivity index (χ3n) is 3.49. The topological polar surface area (TPSA) is 95.9 Å². The van der Waals surface area contributed by atoms with Crippen LogP contribution in [0.15, 0.2) is 54.6 Å². The van der Waals surface area contributed by atoms with Crippen LogP contribution in [0.4, 0.5) is 0 Å². The molecule has 0 spiro atoms. The number of hydrogen-bond acceptors (Lipinski definition) is 4. The van der Waals surface area contributed by atoms with Crippen molar-refractivity contribution in [3.05, 3.63) is 65.2 Å². The summed E-state index contributed by atoms with van der Waals surface area (Å²) in [6, 6.07) is 17.8. The average Bonchev–Trinajstić information content (AvgIpc) is 2.66. The van der Waals surface area contributed by atoms with Gasteiger partial charge in [0.25, 0.3) is 0 Å². The van der Waals surface area contributed by atoms with Crippen molar-refractivity contribution in [3.8, 4) is 5.75 Å². The molecule has 2 aromatic carbocycles. The number of halogens is 1. The molecule has 0 bridgehead atoms. The van der Waals surface area contributed by atoms with Gasteiger partial charge in [-0.05, 0) is 31.3 Å². The van der Waals surface area contributed by atoms with Crippen molar-refractivity contribution in [2.24, 2.45) is 0 Å². The molecule has 0 saturated carbocycles. The van der Waals surface area contributed by atoms with Crippen LogP contribution in [0.25, 0.3) is 0 Å². The first kappa shape index (κ1) is 22.5. The highest BCUT2D eigenvalue weighted by Crippen LogP contribution is 2.30. The Morgan fingerprint density at radius 2 is 1.56 bits per heavy atom. The van der Waals surface area contributed by atoms with Gasteiger partial charge in [-0.25, -0.2) is 0 Å². The van der Waals surface area contributed by atoms with Crippen LogP contribution < -0.4 is 10.1 Å². The zero-order chi connectivity index (χ0) is 20.1. The molecule has 7 heteroatoms. The first-order valence-electron chi connectivity index (χ1n) is 8.48. The monoisotopic (exact) mass is 393 g/mol. The number of nitrogens with one attached hydrogen (secondary N) is 1. The molecule has 6 nitrogen and oxygen atoms in total. The quantitative estimate of drug-likeness (QED) is 0.595. The highest BCUT2D eigenvalue weighted by Gasteiger charge is 2.14. The minimum atomic E-state index is -1.08.